The van der Waals surface area contributed by atoms with Gasteiger partial charge in [0.1, 0.15) is 0 Å². The summed E-state index contributed by atoms with van der Waals surface area (Å²) >= 11 is 5.85. The molecule has 0 amide bonds. The molecule has 0 saturated carbocycles. The molecule has 0 unspecified atom stereocenters. The summed E-state index contributed by atoms with van der Waals surface area (Å²) in [5.74, 6) is 0.681. The molecule has 2 heterocycles. The minimum absolute atomic E-state index is 0.118. The predicted octanol–water partition coefficient (Wildman–Crippen LogP) is 1.31. The van der Waals surface area contributed by atoms with E-state index in [9.17, 15) is 16.8 Å². The van der Waals surface area contributed by atoms with E-state index >= 15 is 0 Å². The summed E-state index contributed by atoms with van der Waals surface area (Å²) in [6.07, 6.45) is 0. The maximum atomic E-state index is 12.5. The van der Waals surface area contributed by atoms with Crippen LogP contribution in [-0.4, -0.2) is 45.7 Å². The lowest BCUT2D eigenvalue weighted by Crippen LogP contribution is -2.57. The first kappa shape index (κ1) is 15.3. The Hall–Kier alpha value is -0.630. The molecule has 2 aliphatic rings. The molecule has 116 valence electrons. The first-order valence-electron chi connectivity index (χ1n) is 6.66. The second-order valence-corrected chi connectivity index (χ2v) is 10.3. The Morgan fingerprint density at radius 3 is 2.33 bits per heavy atom. The van der Waals surface area contributed by atoms with E-state index in [-0.39, 0.29) is 28.2 Å². The topological polar surface area (TPSA) is 71.5 Å². The maximum Gasteiger partial charge on any atom is 0.243 e. The van der Waals surface area contributed by atoms with Gasteiger partial charge in [0.05, 0.1) is 16.4 Å². The minimum atomic E-state index is -3.50. The van der Waals surface area contributed by atoms with Crippen molar-refractivity contribution in [3.05, 3.63) is 28.8 Å². The smallest absolute Gasteiger partial charge is 0.229 e. The van der Waals surface area contributed by atoms with Gasteiger partial charge in [-0.15, -0.1) is 0 Å². The van der Waals surface area contributed by atoms with E-state index < -0.39 is 19.9 Å². The Morgan fingerprint density at radius 2 is 1.81 bits per heavy atom. The molecular formula is C13H16ClNO4S2. The molecule has 0 radical (unpaired) electrons. The van der Waals surface area contributed by atoms with Crippen LogP contribution >= 0.6 is 11.6 Å². The second-order valence-electron chi connectivity index (χ2n) is 5.83. The zero-order valence-corrected chi connectivity index (χ0v) is 13.9. The molecule has 8 heteroatoms. The SMILES string of the molecule is Cc1cc(Cl)ccc1S(=O)(=O)N1CC(C2CS(=O)(=O)C2)C1. The van der Waals surface area contributed by atoms with Gasteiger partial charge in [-0.25, -0.2) is 16.8 Å². The first-order valence-corrected chi connectivity index (χ1v) is 10.3. The van der Waals surface area contributed by atoms with Crippen molar-refractivity contribution >= 4 is 31.5 Å². The van der Waals surface area contributed by atoms with Crippen molar-refractivity contribution in [1.29, 1.82) is 0 Å². The average molecular weight is 350 g/mol. The molecule has 1 aromatic rings. The number of sulfone groups is 1. The summed E-state index contributed by atoms with van der Waals surface area (Å²) in [4.78, 5) is 0.270. The molecule has 0 aliphatic carbocycles. The van der Waals surface area contributed by atoms with Crippen molar-refractivity contribution in [2.45, 2.75) is 11.8 Å². The number of nitrogens with zero attached hydrogens (tertiary/aromatic N) is 1. The van der Waals surface area contributed by atoms with Crippen LogP contribution in [0.15, 0.2) is 23.1 Å². The van der Waals surface area contributed by atoms with Gasteiger partial charge in [0, 0.05) is 18.1 Å². The lowest BCUT2D eigenvalue weighted by atomic mass is 9.90. The first-order chi connectivity index (χ1) is 9.69. The van der Waals surface area contributed by atoms with Gasteiger partial charge >= 0.3 is 0 Å². The molecule has 0 bridgehead atoms. The number of benzene rings is 1. The lowest BCUT2D eigenvalue weighted by molar-refractivity contribution is 0.148. The maximum absolute atomic E-state index is 12.5. The van der Waals surface area contributed by atoms with E-state index in [1.807, 2.05) is 0 Å². The highest BCUT2D eigenvalue weighted by molar-refractivity contribution is 7.92. The third-order valence-electron chi connectivity index (χ3n) is 4.23. The van der Waals surface area contributed by atoms with Crippen LogP contribution in [0.1, 0.15) is 5.56 Å². The number of hydrogen-bond donors (Lipinski definition) is 0. The lowest BCUT2D eigenvalue weighted by Gasteiger charge is -2.45. The fourth-order valence-electron chi connectivity index (χ4n) is 2.88. The number of halogens is 1. The third kappa shape index (κ3) is 2.72. The van der Waals surface area contributed by atoms with Crippen LogP contribution in [0.25, 0.3) is 0 Å². The van der Waals surface area contributed by atoms with Crippen molar-refractivity contribution in [3.63, 3.8) is 0 Å². The zero-order chi connectivity index (χ0) is 15.4. The van der Waals surface area contributed by atoms with E-state index in [0.717, 1.165) is 0 Å². The molecule has 0 aromatic heterocycles. The van der Waals surface area contributed by atoms with Crippen LogP contribution in [0, 0.1) is 18.8 Å². The van der Waals surface area contributed by atoms with Gasteiger partial charge in [-0.05, 0) is 42.5 Å². The van der Waals surface area contributed by atoms with Crippen molar-refractivity contribution in [2.75, 3.05) is 24.6 Å². The van der Waals surface area contributed by atoms with Gasteiger partial charge in [-0.1, -0.05) is 11.6 Å². The van der Waals surface area contributed by atoms with Crippen LogP contribution in [0.5, 0.6) is 0 Å². The van der Waals surface area contributed by atoms with E-state index in [2.05, 4.69) is 0 Å². The Balaban J connectivity index is 1.71. The highest BCUT2D eigenvalue weighted by Crippen LogP contribution is 2.36. The van der Waals surface area contributed by atoms with Crippen molar-refractivity contribution in [3.8, 4) is 0 Å². The summed E-state index contributed by atoms with van der Waals surface area (Å²) in [6, 6.07) is 4.72. The number of aryl methyl sites for hydroxylation is 1. The molecule has 2 saturated heterocycles. The summed E-state index contributed by atoms with van der Waals surface area (Å²) in [6.45, 7) is 2.53. The predicted molar refractivity (Wildman–Crippen MR) is 80.6 cm³/mol. The van der Waals surface area contributed by atoms with Gasteiger partial charge in [0.15, 0.2) is 9.84 Å². The molecule has 0 spiro atoms. The van der Waals surface area contributed by atoms with E-state index in [1.165, 1.54) is 10.4 Å². The molecule has 0 atom stereocenters. The van der Waals surface area contributed by atoms with Crippen molar-refractivity contribution < 1.29 is 16.8 Å². The summed E-state index contributed by atoms with van der Waals surface area (Å²) in [5.41, 5.74) is 0.622. The van der Waals surface area contributed by atoms with Gasteiger partial charge in [0.25, 0.3) is 0 Å². The largest absolute Gasteiger partial charge is 0.243 e. The Morgan fingerprint density at radius 1 is 1.19 bits per heavy atom. The standard InChI is InChI=1S/C13H16ClNO4S2/c1-9-4-12(14)2-3-13(9)21(18,19)15-5-10(6-15)11-7-20(16,17)8-11/h2-4,10-11H,5-8H2,1H3. The molecule has 0 N–H and O–H groups in total. The zero-order valence-electron chi connectivity index (χ0n) is 11.5. The third-order valence-corrected chi connectivity index (χ3v) is 8.33. The van der Waals surface area contributed by atoms with Crippen LogP contribution in [0.4, 0.5) is 0 Å². The molecule has 2 aliphatic heterocycles. The molecule has 5 nitrogen and oxygen atoms in total. The highest BCUT2D eigenvalue weighted by Gasteiger charge is 2.47. The van der Waals surface area contributed by atoms with E-state index in [0.29, 0.717) is 23.7 Å². The molecule has 1 aromatic carbocycles. The van der Waals surface area contributed by atoms with Crippen LogP contribution in [0.2, 0.25) is 5.02 Å². The van der Waals surface area contributed by atoms with Crippen LogP contribution in [0.3, 0.4) is 0 Å². The van der Waals surface area contributed by atoms with Crippen molar-refractivity contribution in [1.82, 2.24) is 4.31 Å². The Kier molecular flexibility index (Phi) is 3.59. The fourth-order valence-corrected chi connectivity index (χ4v) is 6.62. The summed E-state index contributed by atoms with van der Waals surface area (Å²) in [7, 11) is -6.35. The number of sulfonamides is 1. The normalized spacial score (nSPS) is 23.5. The molecule has 21 heavy (non-hydrogen) atoms. The quantitative estimate of drug-likeness (QED) is 0.825. The number of rotatable bonds is 3. The molecular weight excluding hydrogens is 334 g/mol. The second kappa shape index (κ2) is 4.94. The average Bonchev–Trinajstić information content (AvgIpc) is 2.23. The van der Waals surface area contributed by atoms with Gasteiger partial charge in [-0.3, -0.25) is 0 Å². The van der Waals surface area contributed by atoms with Crippen LogP contribution in [-0.2, 0) is 19.9 Å². The monoisotopic (exact) mass is 349 g/mol. The van der Waals surface area contributed by atoms with E-state index in [4.69, 9.17) is 11.6 Å². The Labute approximate surface area is 129 Å². The number of hydrogen-bond acceptors (Lipinski definition) is 4. The summed E-state index contributed by atoms with van der Waals surface area (Å²) in [5, 5.41) is 0.507. The molecule has 3 rings (SSSR count). The van der Waals surface area contributed by atoms with Crippen molar-refractivity contribution in [2.24, 2.45) is 11.8 Å². The van der Waals surface area contributed by atoms with Gasteiger partial charge in [-0.2, -0.15) is 4.31 Å². The summed E-state index contributed by atoms with van der Waals surface area (Å²) < 4.78 is 48.8. The van der Waals surface area contributed by atoms with Gasteiger partial charge in [0.2, 0.25) is 10.0 Å². The highest BCUT2D eigenvalue weighted by atomic mass is 35.5. The van der Waals surface area contributed by atoms with Crippen LogP contribution < -0.4 is 0 Å². The van der Waals surface area contributed by atoms with Gasteiger partial charge < -0.3 is 0 Å². The molecule has 2 fully saturated rings. The Bertz CT molecular complexity index is 770. The minimum Gasteiger partial charge on any atom is -0.229 e. The van der Waals surface area contributed by atoms with E-state index in [1.54, 1.807) is 19.1 Å². The fraction of sp³-hybridized carbons (Fsp3) is 0.538.